The molecule has 1 aliphatic rings. The molecule has 0 bridgehead atoms. The quantitative estimate of drug-likeness (QED) is 0.685. The Balaban J connectivity index is 2.36. The van der Waals surface area contributed by atoms with Gasteiger partial charge in [0.15, 0.2) is 9.84 Å². The van der Waals surface area contributed by atoms with E-state index in [4.69, 9.17) is 5.11 Å². The number of H-pyrrole nitrogens is 1. The van der Waals surface area contributed by atoms with Gasteiger partial charge < -0.3 is 5.11 Å². The molecule has 2 heterocycles. The van der Waals surface area contributed by atoms with Gasteiger partial charge in [0.2, 0.25) is 10.0 Å². The fraction of sp³-hybridized carbons (Fsp3) is 0.556. The topological polar surface area (TPSA) is 138 Å². The number of aliphatic carboxylic acids is 1. The third-order valence-corrected chi connectivity index (χ3v) is 6.60. The first-order valence-electron chi connectivity index (χ1n) is 5.65. The zero-order valence-electron chi connectivity index (χ0n) is 10.3. The Morgan fingerprint density at radius 3 is 2.70 bits per heavy atom. The van der Waals surface area contributed by atoms with Gasteiger partial charge in [-0.1, -0.05) is 0 Å². The van der Waals surface area contributed by atoms with Gasteiger partial charge in [-0.3, -0.25) is 9.89 Å². The molecule has 2 rings (SSSR count). The zero-order valence-corrected chi connectivity index (χ0v) is 11.9. The van der Waals surface area contributed by atoms with Crippen LogP contribution in [0.3, 0.4) is 0 Å². The Morgan fingerprint density at radius 2 is 2.25 bits per heavy atom. The van der Waals surface area contributed by atoms with E-state index < -0.39 is 38.4 Å². The summed E-state index contributed by atoms with van der Waals surface area (Å²) >= 11 is 0. The van der Waals surface area contributed by atoms with Crippen LogP contribution in [-0.4, -0.2) is 66.5 Å². The smallest absolute Gasteiger partial charge is 0.318 e. The second kappa shape index (κ2) is 5.14. The number of nitrogens with one attached hydrogen (secondary N) is 1. The molecule has 0 radical (unpaired) electrons. The maximum Gasteiger partial charge on any atom is 0.318 e. The molecule has 1 fully saturated rings. The number of carboxylic acid groups (broad SMARTS) is 1. The van der Waals surface area contributed by atoms with E-state index >= 15 is 0 Å². The second-order valence-electron chi connectivity index (χ2n) is 4.43. The Hall–Kier alpha value is -1.46. The summed E-state index contributed by atoms with van der Waals surface area (Å²) in [5, 5.41) is 14.7. The Kier molecular flexibility index (Phi) is 3.84. The van der Waals surface area contributed by atoms with Crippen LogP contribution >= 0.6 is 0 Å². The van der Waals surface area contributed by atoms with Gasteiger partial charge in [0.25, 0.3) is 0 Å². The van der Waals surface area contributed by atoms with Crippen molar-refractivity contribution in [2.24, 2.45) is 0 Å². The minimum absolute atomic E-state index is 0.0900. The normalized spacial score (nSPS) is 22.1. The molecule has 0 aromatic carbocycles. The maximum absolute atomic E-state index is 12.3. The van der Waals surface area contributed by atoms with Crippen molar-refractivity contribution < 1.29 is 26.7 Å². The number of hydrogen-bond acceptors (Lipinski definition) is 6. The van der Waals surface area contributed by atoms with Crippen LogP contribution in [-0.2, 0) is 24.7 Å². The lowest BCUT2D eigenvalue weighted by atomic mass is 10.2. The molecule has 0 spiro atoms. The first kappa shape index (κ1) is 14.9. The lowest BCUT2D eigenvalue weighted by Crippen LogP contribution is -2.44. The number of aromatic amines is 1. The average Bonchev–Trinajstić information content (AvgIpc) is 2.94. The van der Waals surface area contributed by atoms with Crippen molar-refractivity contribution in [3.8, 4) is 0 Å². The van der Waals surface area contributed by atoms with Gasteiger partial charge in [-0.05, 0) is 6.42 Å². The summed E-state index contributed by atoms with van der Waals surface area (Å²) in [5.41, 5.74) is 0. The maximum atomic E-state index is 12.3. The van der Waals surface area contributed by atoms with Crippen LogP contribution in [0.1, 0.15) is 6.42 Å². The molecular weight excluding hydrogens is 310 g/mol. The molecule has 1 unspecified atom stereocenters. The van der Waals surface area contributed by atoms with Crippen LogP contribution < -0.4 is 0 Å². The monoisotopic (exact) mass is 323 g/mol. The third-order valence-electron chi connectivity index (χ3n) is 2.99. The van der Waals surface area contributed by atoms with Crippen LogP contribution in [0.4, 0.5) is 0 Å². The first-order valence-corrected chi connectivity index (χ1v) is 8.91. The minimum Gasteiger partial charge on any atom is -0.480 e. The highest BCUT2D eigenvalue weighted by molar-refractivity contribution is 7.92. The predicted octanol–water partition coefficient (Wildman–Crippen LogP) is -1.33. The van der Waals surface area contributed by atoms with E-state index in [1.54, 1.807) is 0 Å². The van der Waals surface area contributed by atoms with Gasteiger partial charge in [0, 0.05) is 12.2 Å². The summed E-state index contributed by atoms with van der Waals surface area (Å²) in [7, 11) is -7.42. The van der Waals surface area contributed by atoms with Gasteiger partial charge in [0.1, 0.15) is 11.4 Å². The van der Waals surface area contributed by atoms with E-state index in [-0.39, 0.29) is 22.8 Å². The van der Waals surface area contributed by atoms with Crippen LogP contribution in [0, 0.1) is 0 Å². The molecule has 9 nitrogen and oxygen atoms in total. The summed E-state index contributed by atoms with van der Waals surface area (Å²) in [6.45, 7) is -0.784. The number of nitrogens with zero attached hydrogens (tertiary/aromatic N) is 2. The van der Waals surface area contributed by atoms with E-state index in [1.807, 2.05) is 0 Å². The molecule has 1 aromatic rings. The molecule has 2 N–H and O–H groups in total. The van der Waals surface area contributed by atoms with Gasteiger partial charge in [0.05, 0.1) is 17.7 Å². The van der Waals surface area contributed by atoms with E-state index in [9.17, 15) is 21.6 Å². The van der Waals surface area contributed by atoms with Gasteiger partial charge in [-0.2, -0.15) is 9.40 Å². The fourth-order valence-electron chi connectivity index (χ4n) is 2.06. The van der Waals surface area contributed by atoms with Crippen molar-refractivity contribution in [1.82, 2.24) is 14.5 Å². The van der Waals surface area contributed by atoms with Gasteiger partial charge in [-0.25, -0.2) is 16.8 Å². The van der Waals surface area contributed by atoms with Crippen molar-refractivity contribution in [1.29, 1.82) is 0 Å². The van der Waals surface area contributed by atoms with Crippen molar-refractivity contribution in [3.05, 3.63) is 12.4 Å². The van der Waals surface area contributed by atoms with Crippen molar-refractivity contribution >= 4 is 25.8 Å². The molecule has 112 valence electrons. The van der Waals surface area contributed by atoms with Gasteiger partial charge >= 0.3 is 5.97 Å². The van der Waals surface area contributed by atoms with Crippen LogP contribution in [0.25, 0.3) is 0 Å². The number of carbonyl (C=O) groups is 1. The van der Waals surface area contributed by atoms with E-state index in [2.05, 4.69) is 10.2 Å². The molecule has 1 aromatic heterocycles. The van der Waals surface area contributed by atoms with Gasteiger partial charge in [-0.15, -0.1) is 0 Å². The highest BCUT2D eigenvalue weighted by atomic mass is 32.2. The van der Waals surface area contributed by atoms with E-state index in [0.29, 0.717) is 4.31 Å². The zero-order chi connectivity index (χ0) is 15.0. The highest BCUT2D eigenvalue weighted by Gasteiger charge is 2.40. The SMILES string of the molecule is O=C(O)CN(C1CCS(=O)(=O)C1)S(=O)(=O)c1cn[nH]c1. The summed E-state index contributed by atoms with van der Waals surface area (Å²) < 4.78 is 48.3. The molecule has 0 amide bonds. The number of sulfone groups is 1. The minimum atomic E-state index is -4.09. The lowest BCUT2D eigenvalue weighted by Gasteiger charge is -2.24. The summed E-state index contributed by atoms with van der Waals surface area (Å²) in [5.74, 6) is -1.85. The first-order chi connectivity index (χ1) is 9.22. The molecule has 11 heteroatoms. The largest absolute Gasteiger partial charge is 0.480 e. The Labute approximate surface area is 115 Å². The number of hydrogen-bond donors (Lipinski definition) is 2. The number of rotatable bonds is 5. The standard InChI is InChI=1S/C9H13N3O6S2/c13-9(14)5-12(7-1-2-19(15,16)6-7)20(17,18)8-3-10-11-4-8/h3-4,7H,1-2,5-6H2,(H,10,11)(H,13,14). The summed E-state index contributed by atoms with van der Waals surface area (Å²) in [6, 6.07) is -0.865. The Morgan fingerprint density at radius 1 is 1.55 bits per heavy atom. The van der Waals surface area contributed by atoms with E-state index in [0.717, 1.165) is 12.4 Å². The molecule has 1 atom stereocenters. The number of carboxylic acids is 1. The van der Waals surface area contributed by atoms with Crippen LogP contribution in [0.15, 0.2) is 17.3 Å². The van der Waals surface area contributed by atoms with Crippen molar-refractivity contribution in [2.45, 2.75) is 17.4 Å². The Bertz CT molecular complexity index is 694. The molecule has 20 heavy (non-hydrogen) atoms. The van der Waals surface area contributed by atoms with Crippen LogP contribution in [0.5, 0.6) is 0 Å². The lowest BCUT2D eigenvalue weighted by molar-refractivity contribution is -0.137. The average molecular weight is 323 g/mol. The highest BCUT2D eigenvalue weighted by Crippen LogP contribution is 2.24. The fourth-order valence-corrected chi connectivity index (χ4v) is 5.40. The summed E-state index contributed by atoms with van der Waals surface area (Å²) in [4.78, 5) is 10.7. The molecule has 0 saturated carbocycles. The predicted molar refractivity (Wildman–Crippen MR) is 67.2 cm³/mol. The number of sulfonamides is 1. The molecule has 1 aliphatic heterocycles. The summed E-state index contributed by atoms with van der Waals surface area (Å²) in [6.07, 6.45) is 2.26. The van der Waals surface area contributed by atoms with Crippen molar-refractivity contribution in [3.63, 3.8) is 0 Å². The molecule has 1 saturated heterocycles. The van der Waals surface area contributed by atoms with Crippen LogP contribution in [0.2, 0.25) is 0 Å². The molecular formula is C9H13N3O6S2. The third kappa shape index (κ3) is 2.99. The van der Waals surface area contributed by atoms with E-state index in [1.165, 1.54) is 0 Å². The van der Waals surface area contributed by atoms with Crippen molar-refractivity contribution in [2.75, 3.05) is 18.1 Å². The second-order valence-corrected chi connectivity index (χ2v) is 8.55. The number of aromatic nitrogens is 2. The molecule has 0 aliphatic carbocycles.